The van der Waals surface area contributed by atoms with Crippen LogP contribution in [-0.2, 0) is 25.6 Å². The van der Waals surface area contributed by atoms with Crippen molar-refractivity contribution in [3.05, 3.63) is 157 Å². The van der Waals surface area contributed by atoms with E-state index in [0.29, 0.717) is 6.20 Å². The van der Waals surface area contributed by atoms with Gasteiger partial charge in [-0.1, -0.05) is 66.2 Å². The van der Waals surface area contributed by atoms with Crippen molar-refractivity contribution in [1.29, 1.82) is 0 Å². The summed E-state index contributed by atoms with van der Waals surface area (Å²) in [7, 11) is 0. The molecule has 14 nitrogen and oxygen atoms in total. The summed E-state index contributed by atoms with van der Waals surface area (Å²) in [5.41, 5.74) is -2.25. The van der Waals surface area contributed by atoms with Gasteiger partial charge in [0.1, 0.15) is 24.0 Å². The lowest BCUT2D eigenvalue weighted by molar-refractivity contribution is -0.148. The average Bonchev–Trinajstić information content (AvgIpc) is 3.59. The smallest absolute Gasteiger partial charge is 0.344 e. The summed E-state index contributed by atoms with van der Waals surface area (Å²) in [5.74, 6) is -5.48. The number of carbonyl (C=O) groups excluding carboxylic acids is 4. The average molecular weight is 758 g/mol. The normalized spacial score (nSPS) is 16.4. The Bertz CT molecular complexity index is 2330. The quantitative estimate of drug-likeness (QED) is 0.170. The number of benzene rings is 3. The molecule has 16 heteroatoms. The predicted octanol–water partition coefficient (Wildman–Crippen LogP) is 4.76. The van der Waals surface area contributed by atoms with E-state index in [1.54, 1.807) is 18.2 Å². The highest BCUT2D eigenvalue weighted by molar-refractivity contribution is 6.32. The lowest BCUT2D eigenvalue weighted by atomic mass is 10.1. The molecular weight excluding hydrogens is 729 g/mol. The number of ether oxygens (including phenoxy) is 5. The predicted molar refractivity (Wildman–Crippen MR) is 187 cm³/mol. The Labute approximate surface area is 310 Å². The minimum absolute atomic E-state index is 0.0300. The highest BCUT2D eigenvalue weighted by Gasteiger charge is 2.39. The standard InChI is InChI=1S/C38H29ClFN3O11/c1-22(44)50-21-31-30(51-20-23-9-4-2-5-10-23)17-33(52-31)42-19-28(40)35(46)43(38(42)49)34(45)25-13-8-14-26(15-25)37(48)54-32-16-29(27(39)18-41-32)53-36(47)24-11-6-3-7-12-24/h2-16,18-19,30-31,33H,17,20-21H2,1H3/t30-,31+,33+/m0/s1. The van der Waals surface area contributed by atoms with Crippen LogP contribution in [0.2, 0.25) is 5.02 Å². The fourth-order valence-electron chi connectivity index (χ4n) is 5.43. The Morgan fingerprint density at radius 2 is 1.56 bits per heavy atom. The van der Waals surface area contributed by atoms with Gasteiger partial charge in [-0.05, 0) is 35.9 Å². The molecule has 5 aromatic rings. The molecule has 0 aliphatic carbocycles. The molecule has 0 N–H and O–H groups in total. The molecule has 3 aromatic carbocycles. The van der Waals surface area contributed by atoms with E-state index in [9.17, 15) is 28.8 Å². The minimum atomic E-state index is -1.54. The van der Waals surface area contributed by atoms with Crippen LogP contribution in [0.1, 0.15) is 56.2 Å². The number of aromatic nitrogens is 3. The molecule has 1 fully saturated rings. The largest absolute Gasteiger partial charge is 0.463 e. The van der Waals surface area contributed by atoms with Gasteiger partial charge in [0.15, 0.2) is 5.75 Å². The molecule has 276 valence electrons. The SMILES string of the molecule is CC(=O)OC[C@H]1O[C@@H](n2cc(F)c(=O)n(C(=O)c3cccc(C(=O)Oc4cc(OC(=O)c5ccccc5)c(Cl)cn4)c3)c2=O)C[C@@H]1OCc1ccccc1. The monoisotopic (exact) mass is 757 g/mol. The Balaban J connectivity index is 1.21. The summed E-state index contributed by atoms with van der Waals surface area (Å²) in [6.07, 6.45) is -1.14. The van der Waals surface area contributed by atoms with Crippen LogP contribution in [0, 0.1) is 5.82 Å². The van der Waals surface area contributed by atoms with Crippen molar-refractivity contribution >= 4 is 35.4 Å². The van der Waals surface area contributed by atoms with Crippen molar-refractivity contribution in [2.24, 2.45) is 0 Å². The zero-order valence-electron chi connectivity index (χ0n) is 28.3. The molecule has 0 unspecified atom stereocenters. The molecule has 3 atom stereocenters. The van der Waals surface area contributed by atoms with Gasteiger partial charge in [0.25, 0.3) is 11.5 Å². The van der Waals surface area contributed by atoms with Crippen molar-refractivity contribution < 1.29 is 47.3 Å². The maximum Gasteiger partial charge on any atom is 0.344 e. The number of rotatable bonds is 11. The van der Waals surface area contributed by atoms with Crippen LogP contribution >= 0.6 is 11.6 Å². The summed E-state index contributed by atoms with van der Waals surface area (Å²) < 4.78 is 43.7. The van der Waals surface area contributed by atoms with Crippen molar-refractivity contribution in [3.8, 4) is 11.6 Å². The van der Waals surface area contributed by atoms with Gasteiger partial charge >= 0.3 is 23.6 Å². The van der Waals surface area contributed by atoms with Crippen molar-refractivity contribution in [2.75, 3.05) is 6.61 Å². The summed E-state index contributed by atoms with van der Waals surface area (Å²) in [5, 5.41) is -0.0454. The first kappa shape index (κ1) is 37.5. The van der Waals surface area contributed by atoms with Gasteiger partial charge in [-0.25, -0.2) is 19.4 Å². The van der Waals surface area contributed by atoms with E-state index in [2.05, 4.69) is 4.98 Å². The molecule has 0 bridgehead atoms. The van der Waals surface area contributed by atoms with Crippen molar-refractivity contribution in [1.82, 2.24) is 14.1 Å². The number of hydrogen-bond acceptors (Lipinski definition) is 12. The van der Waals surface area contributed by atoms with Crippen LogP contribution in [0.3, 0.4) is 0 Å². The number of nitrogens with zero attached hydrogens (tertiary/aromatic N) is 3. The van der Waals surface area contributed by atoms with E-state index in [0.717, 1.165) is 28.5 Å². The number of pyridine rings is 1. The zero-order chi connectivity index (χ0) is 38.4. The van der Waals surface area contributed by atoms with Crippen LogP contribution in [0.4, 0.5) is 4.39 Å². The fraction of sp³-hybridized carbons (Fsp3) is 0.184. The van der Waals surface area contributed by atoms with Crippen LogP contribution in [0.5, 0.6) is 11.6 Å². The molecule has 2 aromatic heterocycles. The Morgan fingerprint density at radius 1 is 0.889 bits per heavy atom. The third kappa shape index (κ3) is 8.66. The van der Waals surface area contributed by atoms with E-state index in [1.807, 2.05) is 30.3 Å². The second-order valence-electron chi connectivity index (χ2n) is 11.8. The Hall–Kier alpha value is -6.29. The summed E-state index contributed by atoms with van der Waals surface area (Å²) in [4.78, 5) is 81.3. The maximum absolute atomic E-state index is 15.1. The fourth-order valence-corrected chi connectivity index (χ4v) is 5.57. The summed E-state index contributed by atoms with van der Waals surface area (Å²) in [6, 6.07) is 23.1. The first-order valence-electron chi connectivity index (χ1n) is 16.3. The second-order valence-corrected chi connectivity index (χ2v) is 12.2. The highest BCUT2D eigenvalue weighted by Crippen LogP contribution is 2.31. The molecule has 3 heterocycles. The van der Waals surface area contributed by atoms with Gasteiger partial charge in [0.2, 0.25) is 11.7 Å². The summed E-state index contributed by atoms with van der Waals surface area (Å²) >= 11 is 6.13. The number of halogens is 2. The molecule has 1 aliphatic rings. The Morgan fingerprint density at radius 3 is 2.28 bits per heavy atom. The maximum atomic E-state index is 15.1. The first-order chi connectivity index (χ1) is 26.0. The van der Waals surface area contributed by atoms with Gasteiger partial charge in [-0.3, -0.25) is 19.0 Å². The number of esters is 3. The van der Waals surface area contributed by atoms with Crippen molar-refractivity contribution in [2.45, 2.75) is 38.4 Å². The van der Waals surface area contributed by atoms with Gasteiger partial charge in [0, 0.05) is 25.0 Å². The third-order valence-electron chi connectivity index (χ3n) is 8.07. The number of hydrogen-bond donors (Lipinski definition) is 0. The lowest BCUT2D eigenvalue weighted by Crippen LogP contribution is -2.46. The van der Waals surface area contributed by atoms with Crippen LogP contribution < -0.4 is 20.7 Å². The molecule has 0 saturated carbocycles. The molecular formula is C38H29ClFN3O11. The molecule has 1 saturated heterocycles. The van der Waals surface area contributed by atoms with E-state index >= 15 is 4.39 Å². The minimum Gasteiger partial charge on any atom is -0.463 e. The van der Waals surface area contributed by atoms with E-state index in [1.165, 1.54) is 37.3 Å². The van der Waals surface area contributed by atoms with E-state index in [4.69, 9.17) is 35.3 Å². The molecule has 1 aliphatic heterocycles. The molecule has 6 rings (SSSR count). The topological polar surface area (TPSA) is 171 Å². The highest BCUT2D eigenvalue weighted by atomic mass is 35.5. The van der Waals surface area contributed by atoms with E-state index in [-0.39, 0.29) is 57.5 Å². The lowest BCUT2D eigenvalue weighted by Gasteiger charge is -2.18. The summed E-state index contributed by atoms with van der Waals surface area (Å²) in [6.45, 7) is 1.11. The molecule has 0 radical (unpaired) electrons. The first-order valence-corrected chi connectivity index (χ1v) is 16.6. The zero-order valence-corrected chi connectivity index (χ0v) is 29.0. The second kappa shape index (κ2) is 16.6. The van der Waals surface area contributed by atoms with Gasteiger partial charge < -0.3 is 23.7 Å². The third-order valence-corrected chi connectivity index (χ3v) is 8.36. The van der Waals surface area contributed by atoms with E-state index < -0.39 is 59.3 Å². The van der Waals surface area contributed by atoms with Crippen LogP contribution in [-0.4, -0.2) is 56.7 Å². The van der Waals surface area contributed by atoms with Gasteiger partial charge in [-0.2, -0.15) is 8.96 Å². The van der Waals surface area contributed by atoms with Gasteiger partial charge in [-0.15, -0.1) is 0 Å². The molecule has 0 amide bonds. The van der Waals surface area contributed by atoms with Crippen LogP contribution in [0.15, 0.2) is 113 Å². The molecule has 54 heavy (non-hydrogen) atoms. The number of carbonyl (C=O) groups is 4. The molecule has 0 spiro atoms. The van der Waals surface area contributed by atoms with Gasteiger partial charge in [0.05, 0.1) is 36.2 Å². The van der Waals surface area contributed by atoms with Crippen LogP contribution in [0.25, 0.3) is 0 Å². The Kier molecular flexibility index (Phi) is 11.5. The van der Waals surface area contributed by atoms with Crippen molar-refractivity contribution in [3.63, 3.8) is 0 Å².